The topological polar surface area (TPSA) is 55.1 Å². The first kappa shape index (κ1) is 15.7. The highest BCUT2D eigenvalue weighted by atomic mass is 19.1. The number of halogens is 1. The second kappa shape index (κ2) is 6.63. The third-order valence-electron chi connectivity index (χ3n) is 4.49. The van der Waals surface area contributed by atoms with E-state index in [-0.39, 0.29) is 11.7 Å². The van der Waals surface area contributed by atoms with Gasteiger partial charge in [0.25, 0.3) is 0 Å². The Morgan fingerprint density at radius 1 is 1.24 bits per heavy atom. The molecule has 25 heavy (non-hydrogen) atoms. The Morgan fingerprint density at radius 3 is 3.00 bits per heavy atom. The molecular formula is C19H19FN4O. The molecule has 0 aliphatic carbocycles. The second-order valence-corrected chi connectivity index (χ2v) is 6.42. The molecule has 1 atom stereocenters. The van der Waals surface area contributed by atoms with Gasteiger partial charge in [-0.15, -0.1) is 0 Å². The fourth-order valence-corrected chi connectivity index (χ4v) is 3.22. The van der Waals surface area contributed by atoms with Gasteiger partial charge >= 0.3 is 0 Å². The van der Waals surface area contributed by atoms with Crippen molar-refractivity contribution in [2.45, 2.75) is 25.7 Å². The van der Waals surface area contributed by atoms with Crippen LogP contribution in [0.3, 0.4) is 0 Å². The van der Waals surface area contributed by atoms with Gasteiger partial charge in [0.05, 0.1) is 12.1 Å². The summed E-state index contributed by atoms with van der Waals surface area (Å²) in [4.78, 5) is 15.2. The Bertz CT molecular complexity index is 879. The monoisotopic (exact) mass is 338 g/mol. The molecule has 3 heterocycles. The summed E-state index contributed by atoms with van der Waals surface area (Å²) < 4.78 is 19.2. The number of oxazole rings is 1. The van der Waals surface area contributed by atoms with Crippen molar-refractivity contribution in [3.63, 3.8) is 0 Å². The van der Waals surface area contributed by atoms with E-state index in [1.54, 1.807) is 18.6 Å². The number of benzene rings is 1. The lowest BCUT2D eigenvalue weighted by Crippen LogP contribution is -2.20. The van der Waals surface area contributed by atoms with E-state index >= 15 is 0 Å². The van der Waals surface area contributed by atoms with Gasteiger partial charge in [-0.05, 0) is 31.0 Å². The van der Waals surface area contributed by atoms with Gasteiger partial charge in [-0.3, -0.25) is 0 Å². The number of aryl methyl sites for hydroxylation is 1. The molecule has 2 aromatic heterocycles. The zero-order valence-corrected chi connectivity index (χ0v) is 14.0. The quantitative estimate of drug-likeness (QED) is 0.729. The molecule has 1 aliphatic heterocycles. The van der Waals surface area contributed by atoms with Crippen molar-refractivity contribution >= 4 is 5.82 Å². The molecule has 0 bridgehead atoms. The highest BCUT2D eigenvalue weighted by Gasteiger charge is 2.28. The van der Waals surface area contributed by atoms with E-state index in [1.807, 2.05) is 19.1 Å². The maximum Gasteiger partial charge on any atom is 0.199 e. The first-order valence-corrected chi connectivity index (χ1v) is 8.40. The van der Waals surface area contributed by atoms with Crippen molar-refractivity contribution < 1.29 is 8.81 Å². The molecule has 1 saturated heterocycles. The maximum absolute atomic E-state index is 13.3. The molecule has 3 aromatic rings. The number of anilines is 1. The zero-order chi connectivity index (χ0) is 17.2. The van der Waals surface area contributed by atoms with Crippen LogP contribution in [0.1, 0.15) is 35.2 Å². The number of aromatic nitrogens is 3. The molecule has 0 saturated carbocycles. The van der Waals surface area contributed by atoms with Crippen molar-refractivity contribution in [1.82, 2.24) is 15.0 Å². The third-order valence-corrected chi connectivity index (χ3v) is 4.49. The van der Waals surface area contributed by atoms with Gasteiger partial charge in [-0.25, -0.2) is 19.3 Å². The smallest absolute Gasteiger partial charge is 0.199 e. The molecule has 128 valence electrons. The van der Waals surface area contributed by atoms with Crippen molar-refractivity contribution in [3.8, 4) is 0 Å². The standard InChI is InChI=1S/C19H19FN4O/c1-13-7-18(23-12-22-13)24-6-5-15(11-24)19-21-10-17(25-19)9-14-3-2-4-16(20)8-14/h2-4,7-8,10,12,15H,5-6,9,11H2,1H3/t15-/m1/s1. The van der Waals surface area contributed by atoms with Crippen LogP contribution in [0.2, 0.25) is 0 Å². The number of rotatable bonds is 4. The van der Waals surface area contributed by atoms with Crippen molar-refractivity contribution in [1.29, 1.82) is 0 Å². The highest BCUT2D eigenvalue weighted by Crippen LogP contribution is 2.30. The van der Waals surface area contributed by atoms with Gasteiger partial charge in [0.15, 0.2) is 5.89 Å². The van der Waals surface area contributed by atoms with Crippen LogP contribution in [0, 0.1) is 12.7 Å². The average molecular weight is 338 g/mol. The fraction of sp³-hybridized carbons (Fsp3) is 0.316. The highest BCUT2D eigenvalue weighted by molar-refractivity contribution is 5.40. The molecule has 1 aliphatic rings. The van der Waals surface area contributed by atoms with E-state index < -0.39 is 0 Å². The molecule has 0 spiro atoms. The summed E-state index contributed by atoms with van der Waals surface area (Å²) in [5.74, 6) is 2.47. The SMILES string of the molecule is Cc1cc(N2CC[C@@H](c3ncc(Cc4cccc(F)c4)o3)C2)ncn1. The zero-order valence-electron chi connectivity index (χ0n) is 14.0. The molecule has 5 nitrogen and oxygen atoms in total. The lowest BCUT2D eigenvalue weighted by atomic mass is 10.1. The summed E-state index contributed by atoms with van der Waals surface area (Å²) >= 11 is 0. The van der Waals surface area contributed by atoms with Crippen molar-refractivity contribution in [2.75, 3.05) is 18.0 Å². The molecular weight excluding hydrogens is 319 g/mol. The van der Waals surface area contributed by atoms with Crippen LogP contribution < -0.4 is 4.90 Å². The largest absolute Gasteiger partial charge is 0.445 e. The summed E-state index contributed by atoms with van der Waals surface area (Å²) in [5.41, 5.74) is 1.84. The summed E-state index contributed by atoms with van der Waals surface area (Å²) in [7, 11) is 0. The summed E-state index contributed by atoms with van der Waals surface area (Å²) in [6, 6.07) is 8.56. The summed E-state index contributed by atoms with van der Waals surface area (Å²) in [5, 5.41) is 0. The molecule has 6 heteroatoms. The molecule has 0 N–H and O–H groups in total. The Labute approximate surface area is 145 Å². The minimum Gasteiger partial charge on any atom is -0.445 e. The molecule has 4 rings (SSSR count). The molecule has 1 aromatic carbocycles. The van der Waals surface area contributed by atoms with Crippen LogP contribution in [0.25, 0.3) is 0 Å². The van der Waals surface area contributed by atoms with Gasteiger partial charge in [0.2, 0.25) is 0 Å². The fourth-order valence-electron chi connectivity index (χ4n) is 3.22. The first-order valence-electron chi connectivity index (χ1n) is 8.40. The Hall–Kier alpha value is -2.76. The van der Waals surface area contributed by atoms with E-state index in [2.05, 4.69) is 19.9 Å². The van der Waals surface area contributed by atoms with Gasteiger partial charge in [-0.1, -0.05) is 12.1 Å². The maximum atomic E-state index is 13.3. The Morgan fingerprint density at radius 2 is 2.16 bits per heavy atom. The van der Waals surface area contributed by atoms with Crippen LogP contribution >= 0.6 is 0 Å². The Kier molecular flexibility index (Phi) is 4.17. The van der Waals surface area contributed by atoms with Crippen molar-refractivity contribution in [3.05, 3.63) is 71.6 Å². The van der Waals surface area contributed by atoms with E-state index in [9.17, 15) is 4.39 Å². The van der Waals surface area contributed by atoms with Gasteiger partial charge in [-0.2, -0.15) is 0 Å². The molecule has 0 amide bonds. The number of hydrogen-bond acceptors (Lipinski definition) is 5. The minimum absolute atomic E-state index is 0.233. The number of nitrogens with zero attached hydrogens (tertiary/aromatic N) is 4. The van der Waals surface area contributed by atoms with E-state index in [0.717, 1.165) is 48.2 Å². The molecule has 1 fully saturated rings. The Balaban J connectivity index is 1.44. The van der Waals surface area contributed by atoms with Crippen LogP contribution in [0.15, 0.2) is 47.3 Å². The van der Waals surface area contributed by atoms with Crippen molar-refractivity contribution in [2.24, 2.45) is 0 Å². The van der Waals surface area contributed by atoms with Crippen LogP contribution in [-0.4, -0.2) is 28.0 Å². The van der Waals surface area contributed by atoms with E-state index in [1.165, 1.54) is 12.1 Å². The average Bonchev–Trinajstić information content (AvgIpc) is 3.24. The van der Waals surface area contributed by atoms with Gasteiger partial charge in [0, 0.05) is 31.3 Å². The third kappa shape index (κ3) is 3.52. The first-order chi connectivity index (χ1) is 12.2. The lowest BCUT2D eigenvalue weighted by Gasteiger charge is -2.16. The minimum atomic E-state index is -0.233. The number of hydrogen-bond donors (Lipinski definition) is 0. The summed E-state index contributed by atoms with van der Waals surface area (Å²) in [6.45, 7) is 3.71. The van der Waals surface area contributed by atoms with Crippen LogP contribution in [0.4, 0.5) is 10.2 Å². The van der Waals surface area contributed by atoms with Crippen LogP contribution in [-0.2, 0) is 6.42 Å². The second-order valence-electron chi connectivity index (χ2n) is 6.42. The molecule has 0 radical (unpaired) electrons. The van der Waals surface area contributed by atoms with E-state index in [4.69, 9.17) is 4.42 Å². The predicted molar refractivity (Wildman–Crippen MR) is 92.0 cm³/mol. The normalized spacial score (nSPS) is 17.2. The van der Waals surface area contributed by atoms with Crippen LogP contribution in [0.5, 0.6) is 0 Å². The lowest BCUT2D eigenvalue weighted by molar-refractivity contribution is 0.432. The van der Waals surface area contributed by atoms with Gasteiger partial charge in [0.1, 0.15) is 23.7 Å². The van der Waals surface area contributed by atoms with Gasteiger partial charge < -0.3 is 9.32 Å². The predicted octanol–water partition coefficient (Wildman–Crippen LogP) is 3.50. The van der Waals surface area contributed by atoms with E-state index in [0.29, 0.717) is 6.42 Å². The molecule has 0 unspecified atom stereocenters. The summed E-state index contributed by atoms with van der Waals surface area (Å²) in [6.07, 6.45) is 4.87.